The molecule has 1 aromatic rings. The Morgan fingerprint density at radius 3 is 2.62 bits per heavy atom. The average Bonchev–Trinajstić information content (AvgIpc) is 2.30. The van der Waals surface area contributed by atoms with E-state index in [0.717, 1.165) is 23.1 Å². The first-order chi connectivity index (χ1) is 7.76. The number of benzene rings is 1. The first kappa shape index (κ1) is 13.8. The van der Waals surface area contributed by atoms with Crippen LogP contribution in [-0.2, 0) is 10.5 Å². The van der Waals surface area contributed by atoms with Crippen LogP contribution in [0.1, 0.15) is 5.56 Å². The summed E-state index contributed by atoms with van der Waals surface area (Å²) in [5.41, 5.74) is 1.31. The van der Waals surface area contributed by atoms with Gasteiger partial charge in [-0.15, -0.1) is 0 Å². The van der Waals surface area contributed by atoms with E-state index in [9.17, 15) is 0 Å². The van der Waals surface area contributed by atoms with Gasteiger partial charge < -0.3 is 10.1 Å². The Bertz CT molecular complexity index is 292. The molecular formula is C12H18ClNOS. The van der Waals surface area contributed by atoms with Gasteiger partial charge in [-0.25, -0.2) is 0 Å². The number of thioether (sulfide) groups is 1. The number of halogens is 1. The van der Waals surface area contributed by atoms with E-state index in [1.165, 1.54) is 5.56 Å². The van der Waals surface area contributed by atoms with E-state index in [4.69, 9.17) is 16.3 Å². The van der Waals surface area contributed by atoms with Gasteiger partial charge in [-0.2, -0.15) is 11.8 Å². The third-order valence-electron chi connectivity index (χ3n) is 2.28. The number of hydrogen-bond acceptors (Lipinski definition) is 3. The zero-order valence-corrected chi connectivity index (χ0v) is 11.3. The highest BCUT2D eigenvalue weighted by molar-refractivity contribution is 7.98. The lowest BCUT2D eigenvalue weighted by Gasteiger charge is -2.14. The molecule has 1 N–H and O–H groups in total. The van der Waals surface area contributed by atoms with Crippen LogP contribution in [0.3, 0.4) is 0 Å². The summed E-state index contributed by atoms with van der Waals surface area (Å²) in [5.74, 6) is 2.06. The molecular weight excluding hydrogens is 242 g/mol. The Kier molecular flexibility index (Phi) is 6.88. The lowest BCUT2D eigenvalue weighted by Crippen LogP contribution is -2.32. The summed E-state index contributed by atoms with van der Waals surface area (Å²) in [5, 5.41) is 4.02. The van der Waals surface area contributed by atoms with Gasteiger partial charge in [-0.1, -0.05) is 23.7 Å². The highest BCUT2D eigenvalue weighted by Crippen LogP contribution is 2.16. The van der Waals surface area contributed by atoms with Crippen LogP contribution in [-0.4, -0.2) is 32.6 Å². The molecule has 0 radical (unpaired) electrons. The molecule has 0 saturated carbocycles. The summed E-state index contributed by atoms with van der Waals surface area (Å²) < 4.78 is 5.12. The van der Waals surface area contributed by atoms with Crippen LogP contribution in [0.5, 0.6) is 0 Å². The van der Waals surface area contributed by atoms with Crippen LogP contribution in [0.2, 0.25) is 5.02 Å². The van der Waals surface area contributed by atoms with Crippen molar-refractivity contribution in [2.24, 2.45) is 0 Å². The zero-order valence-electron chi connectivity index (χ0n) is 9.70. The Labute approximate surface area is 107 Å². The third kappa shape index (κ3) is 5.21. The van der Waals surface area contributed by atoms with Gasteiger partial charge in [0.15, 0.2) is 0 Å². The van der Waals surface area contributed by atoms with Crippen molar-refractivity contribution in [2.75, 3.05) is 26.5 Å². The predicted molar refractivity (Wildman–Crippen MR) is 72.3 cm³/mol. The molecule has 2 nitrogen and oxygen atoms in total. The van der Waals surface area contributed by atoms with E-state index in [2.05, 4.69) is 17.4 Å². The molecule has 0 aliphatic carbocycles. The van der Waals surface area contributed by atoms with Gasteiger partial charge in [-0.05, 0) is 24.7 Å². The lowest BCUT2D eigenvalue weighted by molar-refractivity contribution is 0.177. The molecule has 0 aromatic heterocycles. The van der Waals surface area contributed by atoms with Crippen molar-refractivity contribution in [3.63, 3.8) is 0 Å². The summed E-state index contributed by atoms with van der Waals surface area (Å²) in [6.45, 7) is 0.754. The number of ether oxygens (including phenoxy) is 1. The van der Waals surface area contributed by atoms with Crippen LogP contribution >= 0.6 is 23.4 Å². The molecule has 4 heteroatoms. The van der Waals surface area contributed by atoms with E-state index in [1.807, 2.05) is 30.9 Å². The highest BCUT2D eigenvalue weighted by atomic mass is 35.5. The fourth-order valence-electron chi connectivity index (χ4n) is 1.32. The summed E-state index contributed by atoms with van der Waals surface area (Å²) in [6.07, 6.45) is 0. The second kappa shape index (κ2) is 7.96. The van der Waals surface area contributed by atoms with Gasteiger partial charge in [0.05, 0.1) is 6.61 Å². The number of likely N-dealkylation sites (N-methyl/N-ethyl adjacent to an activating group) is 1. The SMILES string of the molecule is CNC(COC)CSCc1ccc(Cl)cc1. The van der Waals surface area contributed by atoms with Crippen LogP contribution in [0, 0.1) is 0 Å². The Balaban J connectivity index is 2.26. The molecule has 1 unspecified atom stereocenters. The lowest BCUT2D eigenvalue weighted by atomic mass is 10.2. The van der Waals surface area contributed by atoms with Crippen molar-refractivity contribution in [1.29, 1.82) is 0 Å². The largest absolute Gasteiger partial charge is 0.383 e. The molecule has 0 bridgehead atoms. The molecule has 16 heavy (non-hydrogen) atoms. The molecule has 0 aliphatic heterocycles. The number of nitrogens with one attached hydrogen (secondary N) is 1. The summed E-state index contributed by atoms with van der Waals surface area (Å²) in [6, 6.07) is 8.42. The Morgan fingerprint density at radius 2 is 2.06 bits per heavy atom. The smallest absolute Gasteiger partial charge is 0.0623 e. The first-order valence-corrected chi connectivity index (χ1v) is 6.78. The van der Waals surface area contributed by atoms with E-state index >= 15 is 0 Å². The molecule has 1 atom stereocenters. The topological polar surface area (TPSA) is 21.3 Å². The van der Waals surface area contributed by atoms with Crippen molar-refractivity contribution >= 4 is 23.4 Å². The molecule has 90 valence electrons. The molecule has 1 rings (SSSR count). The quantitative estimate of drug-likeness (QED) is 0.814. The van der Waals surface area contributed by atoms with E-state index < -0.39 is 0 Å². The molecule has 0 saturated heterocycles. The predicted octanol–water partition coefficient (Wildman–Crippen LogP) is 2.81. The molecule has 0 fully saturated rings. The first-order valence-electron chi connectivity index (χ1n) is 5.24. The minimum absolute atomic E-state index is 0.419. The maximum atomic E-state index is 5.83. The minimum atomic E-state index is 0.419. The normalized spacial score (nSPS) is 12.7. The van der Waals surface area contributed by atoms with Crippen LogP contribution < -0.4 is 5.32 Å². The van der Waals surface area contributed by atoms with E-state index in [1.54, 1.807) is 7.11 Å². The second-order valence-electron chi connectivity index (χ2n) is 3.58. The van der Waals surface area contributed by atoms with Gasteiger partial charge in [-0.3, -0.25) is 0 Å². The molecule has 0 spiro atoms. The number of methoxy groups -OCH3 is 1. The van der Waals surface area contributed by atoms with Gasteiger partial charge >= 0.3 is 0 Å². The van der Waals surface area contributed by atoms with Gasteiger partial charge in [0.25, 0.3) is 0 Å². The third-order valence-corrected chi connectivity index (χ3v) is 3.70. The summed E-state index contributed by atoms with van der Waals surface area (Å²) in [7, 11) is 3.70. The van der Waals surface area contributed by atoms with Crippen LogP contribution in [0.15, 0.2) is 24.3 Å². The molecule has 0 aliphatic rings. The Hall–Kier alpha value is -0.220. The van der Waals surface area contributed by atoms with Gasteiger partial charge in [0.2, 0.25) is 0 Å². The standard InChI is InChI=1S/C12H18ClNOS/c1-14-12(7-15-2)9-16-8-10-3-5-11(13)6-4-10/h3-6,12,14H,7-9H2,1-2H3. The Morgan fingerprint density at radius 1 is 1.38 bits per heavy atom. The summed E-state index contributed by atoms with van der Waals surface area (Å²) in [4.78, 5) is 0. The number of rotatable bonds is 7. The fourth-order valence-corrected chi connectivity index (χ4v) is 2.54. The highest BCUT2D eigenvalue weighted by Gasteiger charge is 2.05. The second-order valence-corrected chi connectivity index (χ2v) is 5.05. The van der Waals surface area contributed by atoms with Crippen molar-refractivity contribution in [3.8, 4) is 0 Å². The fraction of sp³-hybridized carbons (Fsp3) is 0.500. The van der Waals surface area contributed by atoms with E-state index in [-0.39, 0.29) is 0 Å². The van der Waals surface area contributed by atoms with E-state index in [0.29, 0.717) is 6.04 Å². The maximum absolute atomic E-state index is 5.83. The average molecular weight is 260 g/mol. The molecule has 1 aromatic carbocycles. The van der Waals surface area contributed by atoms with Crippen molar-refractivity contribution in [2.45, 2.75) is 11.8 Å². The summed E-state index contributed by atoms with van der Waals surface area (Å²) >= 11 is 7.73. The van der Waals surface area contributed by atoms with Crippen molar-refractivity contribution < 1.29 is 4.74 Å². The van der Waals surface area contributed by atoms with Gasteiger partial charge in [0.1, 0.15) is 0 Å². The molecule has 0 heterocycles. The van der Waals surface area contributed by atoms with Gasteiger partial charge in [0, 0.05) is 29.7 Å². The maximum Gasteiger partial charge on any atom is 0.0623 e. The van der Waals surface area contributed by atoms with Crippen molar-refractivity contribution in [3.05, 3.63) is 34.9 Å². The van der Waals surface area contributed by atoms with Crippen LogP contribution in [0.25, 0.3) is 0 Å². The van der Waals surface area contributed by atoms with Crippen LogP contribution in [0.4, 0.5) is 0 Å². The zero-order chi connectivity index (χ0) is 11.8. The number of hydrogen-bond donors (Lipinski definition) is 1. The monoisotopic (exact) mass is 259 g/mol. The minimum Gasteiger partial charge on any atom is -0.383 e. The molecule has 0 amide bonds. The van der Waals surface area contributed by atoms with Crippen molar-refractivity contribution in [1.82, 2.24) is 5.32 Å².